The SMILES string of the molecule is CCC1(CC)c2ccccc2-c2cc3c(cc21)C(CC)(CC)c1cc(-c2c4ccccc4c(-c4ccccc4)c4ccccc24)ccc1-3. The largest absolute Gasteiger partial charge is 0.0642 e. The summed E-state index contributed by atoms with van der Waals surface area (Å²) in [6.07, 6.45) is 4.40. The zero-order chi connectivity index (χ0) is 32.6. The molecule has 0 aromatic heterocycles. The number of fused-ring (bicyclic) bond motifs is 8. The first-order chi connectivity index (χ1) is 23.6. The van der Waals surface area contributed by atoms with Gasteiger partial charge in [-0.15, -0.1) is 0 Å². The van der Waals surface area contributed by atoms with Crippen molar-refractivity contribution in [1.29, 1.82) is 0 Å². The Morgan fingerprint density at radius 3 is 1.33 bits per heavy atom. The van der Waals surface area contributed by atoms with Crippen molar-refractivity contribution in [3.63, 3.8) is 0 Å². The standard InChI is InChI=1S/C48H42/c1-5-47(6-2)41-25-17-16-20-33(41)39-29-40-34-27-26-32(28-42(34)48(7-3,8-4)44(40)30-43(39)47)46-37-23-14-12-21-35(37)45(31-18-10-9-11-19-31)36-22-13-15-24-38(36)46/h9-30H,5-8H2,1-4H3. The molecule has 0 spiro atoms. The molecule has 0 heterocycles. The van der Waals surface area contributed by atoms with E-state index in [0.717, 1.165) is 25.7 Å². The lowest BCUT2D eigenvalue weighted by atomic mass is 9.70. The van der Waals surface area contributed by atoms with Gasteiger partial charge in [-0.2, -0.15) is 0 Å². The summed E-state index contributed by atoms with van der Waals surface area (Å²) >= 11 is 0. The molecule has 0 aliphatic heterocycles. The monoisotopic (exact) mass is 618 g/mol. The van der Waals surface area contributed by atoms with Crippen LogP contribution in [-0.4, -0.2) is 0 Å². The molecule has 0 radical (unpaired) electrons. The maximum absolute atomic E-state index is 2.66. The van der Waals surface area contributed by atoms with Gasteiger partial charge in [0.15, 0.2) is 0 Å². The molecule has 0 fully saturated rings. The van der Waals surface area contributed by atoms with Crippen LogP contribution in [0.15, 0.2) is 133 Å². The van der Waals surface area contributed by atoms with Gasteiger partial charge < -0.3 is 0 Å². The molecule has 0 saturated heterocycles. The van der Waals surface area contributed by atoms with E-state index in [9.17, 15) is 0 Å². The predicted octanol–water partition coefficient (Wildman–Crippen LogP) is 13.5. The lowest BCUT2D eigenvalue weighted by Crippen LogP contribution is -2.26. The first-order valence-electron chi connectivity index (χ1n) is 18.0. The number of benzene rings is 7. The van der Waals surface area contributed by atoms with Crippen molar-refractivity contribution in [2.75, 3.05) is 0 Å². The molecule has 7 aromatic carbocycles. The van der Waals surface area contributed by atoms with Gasteiger partial charge in [-0.05, 0) is 126 Å². The second kappa shape index (κ2) is 10.8. The van der Waals surface area contributed by atoms with E-state index in [1.54, 1.807) is 5.56 Å². The van der Waals surface area contributed by atoms with Crippen molar-refractivity contribution in [3.05, 3.63) is 156 Å². The first-order valence-corrected chi connectivity index (χ1v) is 18.0. The van der Waals surface area contributed by atoms with Gasteiger partial charge in [0, 0.05) is 10.8 Å². The van der Waals surface area contributed by atoms with Gasteiger partial charge >= 0.3 is 0 Å². The summed E-state index contributed by atoms with van der Waals surface area (Å²) in [4.78, 5) is 0. The molecule has 48 heavy (non-hydrogen) atoms. The molecule has 0 N–H and O–H groups in total. The van der Waals surface area contributed by atoms with Crippen molar-refractivity contribution in [3.8, 4) is 44.5 Å². The summed E-state index contributed by atoms with van der Waals surface area (Å²) in [6.45, 7) is 9.58. The Hall–Kier alpha value is -4.94. The summed E-state index contributed by atoms with van der Waals surface area (Å²) in [5, 5.41) is 5.25. The number of rotatable bonds is 6. The van der Waals surface area contributed by atoms with Crippen LogP contribution in [0.3, 0.4) is 0 Å². The summed E-state index contributed by atoms with van der Waals surface area (Å²) in [7, 11) is 0. The lowest BCUT2D eigenvalue weighted by Gasteiger charge is -2.33. The van der Waals surface area contributed by atoms with Gasteiger partial charge in [-0.1, -0.05) is 149 Å². The van der Waals surface area contributed by atoms with E-state index in [4.69, 9.17) is 0 Å². The highest BCUT2D eigenvalue weighted by Crippen LogP contribution is 2.60. The van der Waals surface area contributed by atoms with Gasteiger partial charge in [0.05, 0.1) is 0 Å². The molecule has 2 aliphatic carbocycles. The zero-order valence-electron chi connectivity index (χ0n) is 28.5. The minimum Gasteiger partial charge on any atom is -0.0642 e. The topological polar surface area (TPSA) is 0 Å². The average Bonchev–Trinajstić information content (AvgIpc) is 3.59. The fourth-order valence-corrected chi connectivity index (χ4v) is 9.97. The fraction of sp³-hybridized carbons (Fsp3) is 0.208. The van der Waals surface area contributed by atoms with Crippen molar-refractivity contribution < 1.29 is 0 Å². The maximum Gasteiger partial charge on any atom is 0.0210 e. The zero-order valence-corrected chi connectivity index (χ0v) is 28.5. The van der Waals surface area contributed by atoms with Crippen LogP contribution in [0, 0.1) is 0 Å². The predicted molar refractivity (Wildman–Crippen MR) is 206 cm³/mol. The fourth-order valence-electron chi connectivity index (χ4n) is 9.97. The van der Waals surface area contributed by atoms with E-state index >= 15 is 0 Å². The van der Waals surface area contributed by atoms with Crippen molar-refractivity contribution in [1.82, 2.24) is 0 Å². The quantitative estimate of drug-likeness (QED) is 0.163. The van der Waals surface area contributed by atoms with Crippen LogP contribution in [0.1, 0.15) is 75.6 Å². The normalized spacial score (nSPS) is 14.9. The van der Waals surface area contributed by atoms with Gasteiger partial charge in [-0.3, -0.25) is 0 Å². The van der Waals surface area contributed by atoms with E-state index in [2.05, 4.69) is 161 Å². The van der Waals surface area contributed by atoms with E-state index in [1.165, 1.54) is 82.7 Å². The van der Waals surface area contributed by atoms with Crippen LogP contribution in [0.25, 0.3) is 66.1 Å². The Morgan fingerprint density at radius 1 is 0.333 bits per heavy atom. The molecule has 0 heteroatoms. The Morgan fingerprint density at radius 2 is 0.771 bits per heavy atom. The second-order valence-electron chi connectivity index (χ2n) is 14.0. The smallest absolute Gasteiger partial charge is 0.0210 e. The molecule has 0 atom stereocenters. The third kappa shape index (κ3) is 3.72. The van der Waals surface area contributed by atoms with Crippen molar-refractivity contribution >= 4 is 21.5 Å². The van der Waals surface area contributed by atoms with E-state index in [0.29, 0.717) is 0 Å². The summed E-state index contributed by atoms with van der Waals surface area (Å²) in [6, 6.07) is 50.8. The van der Waals surface area contributed by atoms with Gasteiger partial charge in [-0.25, -0.2) is 0 Å². The third-order valence-corrected chi connectivity index (χ3v) is 12.4. The Labute approximate surface area is 285 Å². The highest BCUT2D eigenvalue weighted by Gasteiger charge is 2.46. The van der Waals surface area contributed by atoms with E-state index < -0.39 is 0 Å². The van der Waals surface area contributed by atoms with Gasteiger partial charge in [0.25, 0.3) is 0 Å². The molecule has 0 nitrogen and oxygen atoms in total. The van der Waals surface area contributed by atoms with Crippen LogP contribution in [0.4, 0.5) is 0 Å². The van der Waals surface area contributed by atoms with Gasteiger partial charge in [0.2, 0.25) is 0 Å². The molecule has 0 unspecified atom stereocenters. The summed E-state index contributed by atoms with van der Waals surface area (Å²) in [5.74, 6) is 0. The molecule has 9 rings (SSSR count). The Kier molecular flexibility index (Phi) is 6.57. The first kappa shape index (κ1) is 29.2. The summed E-state index contributed by atoms with van der Waals surface area (Å²) < 4.78 is 0. The van der Waals surface area contributed by atoms with Crippen LogP contribution < -0.4 is 0 Å². The average molecular weight is 619 g/mol. The molecule has 234 valence electrons. The van der Waals surface area contributed by atoms with Crippen molar-refractivity contribution in [2.24, 2.45) is 0 Å². The highest BCUT2D eigenvalue weighted by atomic mass is 14.5. The summed E-state index contributed by atoms with van der Waals surface area (Å²) in [5.41, 5.74) is 17.1. The molecule has 0 bridgehead atoms. The lowest BCUT2D eigenvalue weighted by molar-refractivity contribution is 0.476. The van der Waals surface area contributed by atoms with Gasteiger partial charge in [0.1, 0.15) is 0 Å². The molecular formula is C48H42. The molecule has 0 amide bonds. The highest BCUT2D eigenvalue weighted by molar-refractivity contribution is 6.21. The van der Waals surface area contributed by atoms with Crippen LogP contribution >= 0.6 is 0 Å². The Balaban J connectivity index is 1.32. The van der Waals surface area contributed by atoms with E-state index in [-0.39, 0.29) is 10.8 Å². The number of hydrogen-bond donors (Lipinski definition) is 0. The third-order valence-electron chi connectivity index (χ3n) is 12.4. The molecular weight excluding hydrogens is 577 g/mol. The maximum atomic E-state index is 2.66. The van der Waals surface area contributed by atoms with Crippen LogP contribution in [0.5, 0.6) is 0 Å². The molecule has 7 aromatic rings. The van der Waals surface area contributed by atoms with E-state index in [1.807, 2.05) is 0 Å². The second-order valence-corrected chi connectivity index (χ2v) is 14.0. The molecule has 2 aliphatic rings. The van der Waals surface area contributed by atoms with Crippen molar-refractivity contribution in [2.45, 2.75) is 64.2 Å². The molecule has 0 saturated carbocycles. The Bertz CT molecular complexity index is 2320. The minimum absolute atomic E-state index is 0.0205. The number of hydrogen-bond acceptors (Lipinski definition) is 0. The van der Waals surface area contributed by atoms with Crippen LogP contribution in [-0.2, 0) is 10.8 Å². The van der Waals surface area contributed by atoms with Crippen LogP contribution in [0.2, 0.25) is 0 Å². The minimum atomic E-state index is -0.0205.